The number of nitrogens with one attached hydrogen (secondary N) is 1. The van der Waals surface area contributed by atoms with Crippen LogP contribution in [0.15, 0.2) is 12.1 Å². The summed E-state index contributed by atoms with van der Waals surface area (Å²) in [5.41, 5.74) is 3.85. The smallest absolute Gasteiger partial charge is 0.124 e. The van der Waals surface area contributed by atoms with E-state index in [0.29, 0.717) is 6.04 Å². The predicted molar refractivity (Wildman–Crippen MR) is 82.5 cm³/mol. The Hall–Kier alpha value is -0.770. The number of hydrogen-bond donors (Lipinski definition) is 1. The summed E-state index contributed by atoms with van der Waals surface area (Å²) in [5.74, 6) is 1.02. The van der Waals surface area contributed by atoms with E-state index in [4.69, 9.17) is 4.74 Å². The summed E-state index contributed by atoms with van der Waals surface area (Å²) in [7, 11) is 1.74. The quantitative estimate of drug-likeness (QED) is 0.923. The second-order valence-electron chi connectivity index (χ2n) is 5.35. The number of piperazine rings is 1. The molecular weight excluding hydrogens is 260 g/mol. The minimum Gasteiger partial charge on any atom is -0.496 e. The minimum absolute atomic E-state index is 0. The molecule has 1 fully saturated rings. The molecule has 2 rings (SSSR count). The number of methoxy groups -OCH3 is 1. The molecule has 1 aromatic rings. The molecule has 1 aromatic carbocycles. The first-order valence-corrected chi connectivity index (χ1v) is 6.70. The zero-order chi connectivity index (χ0) is 13.1. The largest absolute Gasteiger partial charge is 0.496 e. The molecule has 1 heterocycles. The first-order valence-electron chi connectivity index (χ1n) is 6.70. The maximum Gasteiger partial charge on any atom is 0.124 e. The number of rotatable bonds is 3. The molecule has 0 aromatic heterocycles. The molecule has 4 heteroatoms. The lowest BCUT2D eigenvalue weighted by Crippen LogP contribution is -2.48. The van der Waals surface area contributed by atoms with Gasteiger partial charge in [-0.2, -0.15) is 0 Å². The molecule has 0 radical (unpaired) electrons. The van der Waals surface area contributed by atoms with Gasteiger partial charge in [0.2, 0.25) is 0 Å². The highest BCUT2D eigenvalue weighted by Crippen LogP contribution is 2.25. The van der Waals surface area contributed by atoms with Gasteiger partial charge >= 0.3 is 0 Å². The highest BCUT2D eigenvalue weighted by atomic mass is 35.5. The molecule has 0 saturated carbocycles. The van der Waals surface area contributed by atoms with Crippen LogP contribution < -0.4 is 10.1 Å². The zero-order valence-corrected chi connectivity index (χ0v) is 13.1. The number of aryl methyl sites for hydroxylation is 2. The number of nitrogens with zero attached hydrogens (tertiary/aromatic N) is 1. The summed E-state index contributed by atoms with van der Waals surface area (Å²) in [6, 6.07) is 5.09. The fourth-order valence-electron chi connectivity index (χ4n) is 2.87. The van der Waals surface area contributed by atoms with Crippen LogP contribution >= 0.6 is 12.4 Å². The average Bonchev–Trinajstić information content (AvgIpc) is 2.28. The molecule has 1 aliphatic heterocycles. The van der Waals surface area contributed by atoms with E-state index in [2.05, 4.69) is 43.1 Å². The van der Waals surface area contributed by atoms with E-state index in [1.807, 2.05) is 0 Å². The van der Waals surface area contributed by atoms with Crippen molar-refractivity contribution in [2.24, 2.45) is 0 Å². The SMILES string of the molecule is COc1c(C)cc(CN2CCNC(C)C2)cc1C.Cl. The van der Waals surface area contributed by atoms with Gasteiger partial charge in [-0.1, -0.05) is 12.1 Å². The summed E-state index contributed by atoms with van der Waals surface area (Å²) in [5, 5.41) is 3.48. The molecule has 0 amide bonds. The topological polar surface area (TPSA) is 24.5 Å². The maximum atomic E-state index is 5.41. The number of ether oxygens (including phenoxy) is 1. The first kappa shape index (κ1) is 16.3. The van der Waals surface area contributed by atoms with Gasteiger partial charge in [-0.15, -0.1) is 12.4 Å². The van der Waals surface area contributed by atoms with Crippen LogP contribution in [0.4, 0.5) is 0 Å². The zero-order valence-electron chi connectivity index (χ0n) is 12.3. The maximum absolute atomic E-state index is 5.41. The summed E-state index contributed by atoms with van der Waals surface area (Å²) >= 11 is 0. The third-order valence-corrected chi connectivity index (χ3v) is 3.58. The van der Waals surface area contributed by atoms with Gasteiger partial charge in [0, 0.05) is 32.2 Å². The van der Waals surface area contributed by atoms with Crippen molar-refractivity contribution >= 4 is 12.4 Å². The van der Waals surface area contributed by atoms with Crippen molar-refractivity contribution < 1.29 is 4.74 Å². The van der Waals surface area contributed by atoms with Crippen LogP contribution in [-0.2, 0) is 6.54 Å². The molecule has 0 spiro atoms. The van der Waals surface area contributed by atoms with Crippen molar-refractivity contribution in [3.8, 4) is 5.75 Å². The van der Waals surface area contributed by atoms with Gasteiger partial charge in [0.15, 0.2) is 0 Å². The van der Waals surface area contributed by atoms with Gasteiger partial charge in [-0.05, 0) is 37.5 Å². The molecule has 0 bridgehead atoms. The second kappa shape index (κ2) is 7.13. The molecule has 19 heavy (non-hydrogen) atoms. The third-order valence-electron chi connectivity index (χ3n) is 3.58. The van der Waals surface area contributed by atoms with Crippen LogP contribution in [0.1, 0.15) is 23.6 Å². The monoisotopic (exact) mass is 284 g/mol. The predicted octanol–water partition coefficient (Wildman–Crippen LogP) is 2.53. The normalized spacial score (nSPS) is 19.9. The van der Waals surface area contributed by atoms with Gasteiger partial charge in [0.05, 0.1) is 7.11 Å². The standard InChI is InChI=1S/C15H24N2O.ClH/c1-11-7-14(8-12(2)15(11)18-4)10-17-6-5-16-13(3)9-17;/h7-8,13,16H,5-6,9-10H2,1-4H3;1H. The van der Waals surface area contributed by atoms with Crippen molar-refractivity contribution in [1.82, 2.24) is 10.2 Å². The lowest BCUT2D eigenvalue weighted by molar-refractivity contribution is 0.199. The number of halogens is 1. The van der Waals surface area contributed by atoms with Gasteiger partial charge in [0.25, 0.3) is 0 Å². The van der Waals surface area contributed by atoms with Crippen LogP contribution in [0.5, 0.6) is 5.75 Å². The van der Waals surface area contributed by atoms with Gasteiger partial charge < -0.3 is 10.1 Å². The van der Waals surface area contributed by atoms with Crippen LogP contribution in [-0.4, -0.2) is 37.7 Å². The van der Waals surface area contributed by atoms with Gasteiger partial charge in [-0.25, -0.2) is 0 Å². The Bertz CT molecular complexity index is 400. The molecular formula is C15H25ClN2O. The average molecular weight is 285 g/mol. The van der Waals surface area contributed by atoms with Crippen LogP contribution in [0, 0.1) is 13.8 Å². The van der Waals surface area contributed by atoms with E-state index in [-0.39, 0.29) is 12.4 Å². The van der Waals surface area contributed by atoms with E-state index in [1.54, 1.807) is 7.11 Å². The Morgan fingerprint density at radius 1 is 1.32 bits per heavy atom. The van der Waals surface area contributed by atoms with E-state index in [9.17, 15) is 0 Å². The highest BCUT2D eigenvalue weighted by Gasteiger charge is 2.16. The van der Waals surface area contributed by atoms with Gasteiger partial charge in [-0.3, -0.25) is 4.90 Å². The fourth-order valence-corrected chi connectivity index (χ4v) is 2.87. The minimum atomic E-state index is 0. The molecule has 1 atom stereocenters. The highest BCUT2D eigenvalue weighted by molar-refractivity contribution is 5.85. The van der Waals surface area contributed by atoms with Crippen molar-refractivity contribution in [2.75, 3.05) is 26.7 Å². The molecule has 3 nitrogen and oxygen atoms in total. The Balaban J connectivity index is 0.00000180. The van der Waals surface area contributed by atoms with E-state index >= 15 is 0 Å². The Kier molecular flexibility index (Phi) is 6.11. The molecule has 0 aliphatic carbocycles. The van der Waals surface area contributed by atoms with Crippen molar-refractivity contribution in [3.05, 3.63) is 28.8 Å². The van der Waals surface area contributed by atoms with Crippen LogP contribution in [0.25, 0.3) is 0 Å². The lowest BCUT2D eigenvalue weighted by atomic mass is 10.0. The summed E-state index contributed by atoms with van der Waals surface area (Å²) in [6.07, 6.45) is 0. The molecule has 108 valence electrons. The first-order chi connectivity index (χ1) is 8.60. The number of benzene rings is 1. The number of hydrogen-bond acceptors (Lipinski definition) is 3. The molecule has 1 unspecified atom stereocenters. The second-order valence-corrected chi connectivity index (χ2v) is 5.35. The summed E-state index contributed by atoms with van der Waals surface area (Å²) in [6.45, 7) is 10.9. The molecule has 1 aliphatic rings. The third kappa shape index (κ3) is 4.10. The van der Waals surface area contributed by atoms with E-state index in [0.717, 1.165) is 31.9 Å². The summed E-state index contributed by atoms with van der Waals surface area (Å²) < 4.78 is 5.41. The molecule has 1 N–H and O–H groups in total. The lowest BCUT2D eigenvalue weighted by Gasteiger charge is -2.32. The van der Waals surface area contributed by atoms with Gasteiger partial charge in [0.1, 0.15) is 5.75 Å². The Morgan fingerprint density at radius 3 is 2.47 bits per heavy atom. The summed E-state index contributed by atoms with van der Waals surface area (Å²) in [4.78, 5) is 2.52. The molecule has 1 saturated heterocycles. The Labute approximate surface area is 122 Å². The van der Waals surface area contributed by atoms with Crippen molar-refractivity contribution in [3.63, 3.8) is 0 Å². The fraction of sp³-hybridized carbons (Fsp3) is 0.600. The van der Waals surface area contributed by atoms with Crippen LogP contribution in [0.2, 0.25) is 0 Å². The van der Waals surface area contributed by atoms with Crippen molar-refractivity contribution in [2.45, 2.75) is 33.4 Å². The van der Waals surface area contributed by atoms with Crippen LogP contribution in [0.3, 0.4) is 0 Å². The van der Waals surface area contributed by atoms with Crippen molar-refractivity contribution in [1.29, 1.82) is 0 Å². The van der Waals surface area contributed by atoms with E-state index in [1.165, 1.54) is 16.7 Å². The Morgan fingerprint density at radius 2 is 1.95 bits per heavy atom. The van der Waals surface area contributed by atoms with E-state index < -0.39 is 0 Å².